The molecular formula is C15H22N2O2. The van der Waals surface area contributed by atoms with Crippen molar-refractivity contribution in [2.24, 2.45) is 11.7 Å². The van der Waals surface area contributed by atoms with Crippen LogP contribution in [0.1, 0.15) is 30.6 Å². The van der Waals surface area contributed by atoms with Gasteiger partial charge in [-0.3, -0.25) is 4.79 Å². The number of hydrogen-bond donors (Lipinski definition) is 1. The van der Waals surface area contributed by atoms with Gasteiger partial charge in [0.25, 0.3) is 5.91 Å². The summed E-state index contributed by atoms with van der Waals surface area (Å²) in [6.07, 6.45) is 0.993. The van der Waals surface area contributed by atoms with Gasteiger partial charge >= 0.3 is 0 Å². The third-order valence-electron chi connectivity index (χ3n) is 3.39. The largest absolute Gasteiger partial charge is 0.494 e. The second-order valence-corrected chi connectivity index (χ2v) is 5.27. The lowest BCUT2D eigenvalue weighted by atomic mass is 9.96. The Morgan fingerprint density at radius 2 is 2.05 bits per heavy atom. The smallest absolute Gasteiger partial charge is 0.253 e. The zero-order valence-electron chi connectivity index (χ0n) is 11.6. The number of benzene rings is 1. The maximum atomic E-state index is 12.4. The zero-order chi connectivity index (χ0) is 13.8. The number of nitrogens with two attached hydrogens (primary N) is 1. The molecule has 1 fully saturated rings. The molecule has 19 heavy (non-hydrogen) atoms. The van der Waals surface area contributed by atoms with Gasteiger partial charge < -0.3 is 15.4 Å². The lowest BCUT2D eigenvalue weighted by molar-refractivity contribution is 0.0661. The van der Waals surface area contributed by atoms with Crippen LogP contribution in [0, 0.1) is 5.92 Å². The third-order valence-corrected chi connectivity index (χ3v) is 3.39. The molecule has 1 amide bonds. The quantitative estimate of drug-likeness (QED) is 0.905. The maximum Gasteiger partial charge on any atom is 0.253 e. The summed E-state index contributed by atoms with van der Waals surface area (Å²) in [6, 6.07) is 7.40. The van der Waals surface area contributed by atoms with Crippen molar-refractivity contribution in [1.29, 1.82) is 0 Å². The molecule has 2 N–H and O–H groups in total. The Bertz CT molecular complexity index is 420. The second kappa shape index (κ2) is 6.06. The number of carbonyl (C=O) groups is 1. The Kier molecular flexibility index (Phi) is 4.43. The van der Waals surface area contributed by atoms with E-state index >= 15 is 0 Å². The molecule has 0 spiro atoms. The summed E-state index contributed by atoms with van der Waals surface area (Å²) in [4.78, 5) is 14.2. The van der Waals surface area contributed by atoms with Gasteiger partial charge in [0.1, 0.15) is 5.75 Å². The number of rotatable bonds is 3. The molecule has 2 unspecified atom stereocenters. The van der Waals surface area contributed by atoms with Crippen molar-refractivity contribution in [2.75, 3.05) is 19.7 Å². The fourth-order valence-corrected chi connectivity index (χ4v) is 2.61. The van der Waals surface area contributed by atoms with Gasteiger partial charge in [-0.05, 0) is 43.5 Å². The van der Waals surface area contributed by atoms with Crippen LogP contribution in [-0.2, 0) is 0 Å². The predicted octanol–water partition coefficient (Wildman–Crippen LogP) is 1.89. The van der Waals surface area contributed by atoms with E-state index in [0.29, 0.717) is 24.6 Å². The highest BCUT2D eigenvalue weighted by atomic mass is 16.5. The Morgan fingerprint density at radius 1 is 1.37 bits per heavy atom. The molecule has 1 aromatic carbocycles. The molecule has 1 heterocycles. The Labute approximate surface area is 114 Å². The van der Waals surface area contributed by atoms with Crippen LogP contribution < -0.4 is 10.5 Å². The van der Waals surface area contributed by atoms with E-state index in [1.54, 1.807) is 0 Å². The summed E-state index contributed by atoms with van der Waals surface area (Å²) in [5.74, 6) is 1.32. The summed E-state index contributed by atoms with van der Waals surface area (Å²) in [7, 11) is 0. The molecule has 0 bridgehead atoms. The predicted molar refractivity (Wildman–Crippen MR) is 75.3 cm³/mol. The van der Waals surface area contributed by atoms with Gasteiger partial charge in [-0.2, -0.15) is 0 Å². The van der Waals surface area contributed by atoms with Gasteiger partial charge in [0.2, 0.25) is 0 Å². The molecule has 1 aliphatic rings. The Balaban J connectivity index is 2.06. The zero-order valence-corrected chi connectivity index (χ0v) is 11.6. The van der Waals surface area contributed by atoms with Crippen molar-refractivity contribution in [3.8, 4) is 5.75 Å². The van der Waals surface area contributed by atoms with Crippen LogP contribution in [0.4, 0.5) is 0 Å². The molecule has 4 nitrogen and oxygen atoms in total. The molecular weight excluding hydrogens is 240 g/mol. The molecule has 1 aromatic rings. The van der Waals surface area contributed by atoms with Crippen molar-refractivity contribution >= 4 is 5.91 Å². The number of hydrogen-bond acceptors (Lipinski definition) is 3. The molecule has 0 aliphatic carbocycles. The van der Waals surface area contributed by atoms with Crippen molar-refractivity contribution in [1.82, 2.24) is 4.90 Å². The fourth-order valence-electron chi connectivity index (χ4n) is 2.61. The lowest BCUT2D eigenvalue weighted by Gasteiger charge is -2.34. The van der Waals surface area contributed by atoms with E-state index in [1.165, 1.54) is 0 Å². The van der Waals surface area contributed by atoms with Crippen LogP contribution >= 0.6 is 0 Å². The second-order valence-electron chi connectivity index (χ2n) is 5.27. The average Bonchev–Trinajstić information content (AvgIpc) is 2.38. The van der Waals surface area contributed by atoms with Crippen LogP contribution in [-0.4, -0.2) is 36.5 Å². The number of likely N-dealkylation sites (tertiary alicyclic amines) is 1. The minimum atomic E-state index is 0.0602. The van der Waals surface area contributed by atoms with Gasteiger partial charge in [-0.15, -0.1) is 0 Å². The van der Waals surface area contributed by atoms with Gasteiger partial charge in [0, 0.05) is 24.7 Å². The lowest BCUT2D eigenvalue weighted by Crippen LogP contribution is -2.48. The highest BCUT2D eigenvalue weighted by Crippen LogP contribution is 2.19. The molecule has 1 saturated heterocycles. The standard InChI is InChI=1S/C15H22N2O2/c1-3-19-14-6-4-12(5-7-14)15(18)17-9-11(2)8-13(16)10-17/h4-7,11,13H,3,8-10,16H2,1-2H3. The van der Waals surface area contributed by atoms with E-state index in [4.69, 9.17) is 10.5 Å². The van der Waals surface area contributed by atoms with Crippen LogP contribution in [0.2, 0.25) is 0 Å². The molecule has 0 saturated carbocycles. The van der Waals surface area contributed by atoms with Crippen LogP contribution in [0.25, 0.3) is 0 Å². The van der Waals surface area contributed by atoms with E-state index in [-0.39, 0.29) is 11.9 Å². The molecule has 0 radical (unpaired) electrons. The van der Waals surface area contributed by atoms with Gasteiger partial charge in [0.15, 0.2) is 0 Å². The van der Waals surface area contributed by atoms with E-state index in [0.717, 1.165) is 18.7 Å². The molecule has 2 rings (SSSR count). The van der Waals surface area contributed by atoms with Crippen LogP contribution in [0.5, 0.6) is 5.75 Å². The number of ether oxygens (including phenoxy) is 1. The normalized spacial score (nSPS) is 23.2. The monoisotopic (exact) mass is 262 g/mol. The van der Waals surface area contributed by atoms with E-state index in [2.05, 4.69) is 6.92 Å². The third kappa shape index (κ3) is 3.47. The Morgan fingerprint density at radius 3 is 2.63 bits per heavy atom. The first-order chi connectivity index (χ1) is 9.10. The summed E-state index contributed by atoms with van der Waals surface area (Å²) < 4.78 is 5.38. The maximum absolute atomic E-state index is 12.4. The number of carbonyl (C=O) groups excluding carboxylic acids is 1. The van der Waals surface area contributed by atoms with Crippen LogP contribution in [0.3, 0.4) is 0 Å². The number of nitrogens with zero attached hydrogens (tertiary/aromatic N) is 1. The molecule has 0 aromatic heterocycles. The summed E-state index contributed by atoms with van der Waals surface area (Å²) in [5.41, 5.74) is 6.68. The SMILES string of the molecule is CCOc1ccc(C(=O)N2CC(C)CC(N)C2)cc1. The summed E-state index contributed by atoms with van der Waals surface area (Å²) in [6.45, 7) is 6.15. The van der Waals surface area contributed by atoms with E-state index in [9.17, 15) is 4.79 Å². The first-order valence-electron chi connectivity index (χ1n) is 6.88. The van der Waals surface area contributed by atoms with Crippen molar-refractivity contribution < 1.29 is 9.53 Å². The highest BCUT2D eigenvalue weighted by molar-refractivity contribution is 5.94. The van der Waals surface area contributed by atoms with Gasteiger partial charge in [-0.1, -0.05) is 6.92 Å². The Hall–Kier alpha value is -1.55. The fraction of sp³-hybridized carbons (Fsp3) is 0.533. The van der Waals surface area contributed by atoms with E-state index < -0.39 is 0 Å². The number of amides is 1. The molecule has 2 atom stereocenters. The molecule has 104 valence electrons. The summed E-state index contributed by atoms with van der Waals surface area (Å²) >= 11 is 0. The first kappa shape index (κ1) is 13.9. The minimum Gasteiger partial charge on any atom is -0.494 e. The van der Waals surface area contributed by atoms with E-state index in [1.807, 2.05) is 36.1 Å². The first-order valence-corrected chi connectivity index (χ1v) is 6.88. The van der Waals surface area contributed by atoms with Crippen LogP contribution in [0.15, 0.2) is 24.3 Å². The topological polar surface area (TPSA) is 55.6 Å². The minimum absolute atomic E-state index is 0.0602. The molecule has 4 heteroatoms. The van der Waals surface area contributed by atoms with Crippen molar-refractivity contribution in [3.05, 3.63) is 29.8 Å². The molecule has 1 aliphatic heterocycles. The number of piperidine rings is 1. The van der Waals surface area contributed by atoms with Gasteiger partial charge in [0.05, 0.1) is 6.61 Å². The van der Waals surface area contributed by atoms with Crippen molar-refractivity contribution in [2.45, 2.75) is 26.3 Å². The highest BCUT2D eigenvalue weighted by Gasteiger charge is 2.26. The summed E-state index contributed by atoms with van der Waals surface area (Å²) in [5, 5.41) is 0. The van der Waals surface area contributed by atoms with Crippen molar-refractivity contribution in [3.63, 3.8) is 0 Å². The van der Waals surface area contributed by atoms with Gasteiger partial charge in [-0.25, -0.2) is 0 Å². The average molecular weight is 262 g/mol.